The molecule has 9 unspecified atom stereocenters. The maximum absolute atomic E-state index is 14.5. The van der Waals surface area contributed by atoms with Crippen molar-refractivity contribution in [3.8, 4) is 0 Å². The summed E-state index contributed by atoms with van der Waals surface area (Å²) in [7, 11) is -3.96. The highest BCUT2D eigenvalue weighted by Crippen LogP contribution is 2.53. The zero-order chi connectivity index (χ0) is 47.9. The van der Waals surface area contributed by atoms with Crippen molar-refractivity contribution in [3.05, 3.63) is 104 Å². The molecule has 3 fully saturated rings. The van der Waals surface area contributed by atoms with E-state index in [1.807, 2.05) is 90.1 Å². The van der Waals surface area contributed by atoms with Crippen molar-refractivity contribution >= 4 is 67.9 Å². The first kappa shape index (κ1) is 55.0. The zero-order valence-corrected chi connectivity index (χ0v) is 40.3. The molecule has 3 aliphatic rings. The van der Waals surface area contributed by atoms with Crippen LogP contribution in [0.2, 0.25) is 0 Å². The van der Waals surface area contributed by atoms with Gasteiger partial charge in [0, 0.05) is 27.2 Å². The summed E-state index contributed by atoms with van der Waals surface area (Å²) in [6.45, 7) is 19.4. The van der Waals surface area contributed by atoms with Crippen LogP contribution in [-0.2, 0) is 65.8 Å². The predicted octanol–water partition coefficient (Wildman–Crippen LogP) is 9.28. The van der Waals surface area contributed by atoms with Gasteiger partial charge in [0.15, 0.2) is 0 Å². The van der Waals surface area contributed by atoms with Crippen molar-refractivity contribution in [2.45, 2.75) is 129 Å². The van der Waals surface area contributed by atoms with E-state index in [-0.39, 0.29) is 41.2 Å². The zero-order valence-electron chi connectivity index (χ0n) is 37.0. The Kier molecular flexibility index (Phi) is 21.2. The Morgan fingerprint density at radius 3 is 1.48 bits per heavy atom. The van der Waals surface area contributed by atoms with Crippen molar-refractivity contribution in [3.63, 3.8) is 0 Å². The highest BCUT2D eigenvalue weighted by molar-refractivity contribution is 7.87. The SMILES string of the molecule is C=CC(=O)OC(C)(C)C.CC(C)(C)OC(=O)C1CC1(F)S(=O)c1ccccc1.CC(C)(C)OC(=O)C1CC1S(=O)c1ccccc1.O=C(O)C1CC1F.O=S(CCl)c1ccccc1. The van der Waals surface area contributed by atoms with Crippen molar-refractivity contribution < 1.29 is 59.9 Å². The molecule has 11 nitrogen and oxygen atoms in total. The Bertz CT molecular complexity index is 2050. The van der Waals surface area contributed by atoms with Crippen LogP contribution in [0.15, 0.2) is 118 Å². The summed E-state index contributed by atoms with van der Waals surface area (Å²) in [5.74, 6) is -4.02. The topological polar surface area (TPSA) is 167 Å². The number of carbonyl (C=O) groups is 4. The first-order valence-electron chi connectivity index (χ1n) is 19.9. The van der Waals surface area contributed by atoms with Crippen LogP contribution in [0, 0.1) is 17.8 Å². The summed E-state index contributed by atoms with van der Waals surface area (Å²) in [5.41, 5.74) is -1.53. The van der Waals surface area contributed by atoms with Gasteiger partial charge < -0.3 is 19.3 Å². The van der Waals surface area contributed by atoms with E-state index < -0.39 is 84.1 Å². The summed E-state index contributed by atoms with van der Waals surface area (Å²) >= 11 is 5.39. The average molecular weight is 958 g/mol. The van der Waals surface area contributed by atoms with Crippen LogP contribution in [0.4, 0.5) is 8.78 Å². The van der Waals surface area contributed by atoms with E-state index in [4.69, 9.17) is 30.9 Å². The van der Waals surface area contributed by atoms with E-state index >= 15 is 0 Å². The van der Waals surface area contributed by atoms with E-state index in [9.17, 15) is 40.6 Å². The summed E-state index contributed by atoms with van der Waals surface area (Å²) in [6, 6.07) is 26.8. The van der Waals surface area contributed by atoms with Gasteiger partial charge in [-0.1, -0.05) is 61.2 Å². The summed E-state index contributed by atoms with van der Waals surface area (Å²) < 4.78 is 76.7. The fraction of sp³-hybridized carbons (Fsp3) is 0.478. The Labute approximate surface area is 382 Å². The Hall–Kier alpha value is -4.12. The van der Waals surface area contributed by atoms with Crippen molar-refractivity contribution in [2.75, 3.05) is 5.21 Å². The number of rotatable bonds is 10. The third kappa shape index (κ3) is 20.5. The summed E-state index contributed by atoms with van der Waals surface area (Å²) in [6.07, 6.45) is 0.943. The van der Waals surface area contributed by atoms with Gasteiger partial charge in [-0.15, -0.1) is 11.6 Å². The molecule has 0 aromatic heterocycles. The fourth-order valence-electron chi connectivity index (χ4n) is 4.96. The average Bonchev–Trinajstić information content (AvgIpc) is 4.14. The minimum Gasteiger partial charge on any atom is -0.481 e. The number of hydrogen-bond donors (Lipinski definition) is 1. The number of carboxylic acids is 1. The minimum atomic E-state index is -1.98. The smallest absolute Gasteiger partial charge is 0.330 e. The number of carboxylic acid groups (broad SMARTS) is 1. The van der Waals surface area contributed by atoms with Crippen LogP contribution in [0.25, 0.3) is 0 Å². The molecule has 0 heterocycles. The van der Waals surface area contributed by atoms with Crippen molar-refractivity contribution in [1.29, 1.82) is 0 Å². The van der Waals surface area contributed by atoms with E-state index in [1.54, 1.807) is 63.2 Å². The number of benzene rings is 3. The summed E-state index contributed by atoms with van der Waals surface area (Å²) in [4.78, 5) is 45.8. The fourth-order valence-corrected chi connectivity index (χ4v) is 8.96. The molecule has 17 heteroatoms. The molecular weight excluding hydrogens is 898 g/mol. The van der Waals surface area contributed by atoms with E-state index in [2.05, 4.69) is 6.58 Å². The van der Waals surface area contributed by atoms with Gasteiger partial charge in [-0.05, 0) is 112 Å². The highest BCUT2D eigenvalue weighted by atomic mass is 35.5. The molecule has 0 aliphatic heterocycles. The van der Waals surface area contributed by atoms with Gasteiger partial charge in [0.1, 0.15) is 34.1 Å². The molecular formula is C46H59ClF2O11S3. The normalized spacial score (nSPS) is 23.1. The van der Waals surface area contributed by atoms with Crippen LogP contribution in [0.1, 0.15) is 81.6 Å². The third-order valence-electron chi connectivity index (χ3n) is 8.20. The molecule has 3 aliphatic carbocycles. The molecule has 348 valence electrons. The van der Waals surface area contributed by atoms with Gasteiger partial charge in [-0.25, -0.2) is 13.6 Å². The monoisotopic (exact) mass is 956 g/mol. The molecule has 9 atom stereocenters. The van der Waals surface area contributed by atoms with Crippen LogP contribution in [0.5, 0.6) is 0 Å². The molecule has 6 rings (SSSR count). The first-order chi connectivity index (χ1) is 29.1. The maximum atomic E-state index is 14.5. The summed E-state index contributed by atoms with van der Waals surface area (Å²) in [5, 5.41) is 6.09. The van der Waals surface area contributed by atoms with Crippen LogP contribution < -0.4 is 0 Å². The van der Waals surface area contributed by atoms with Crippen LogP contribution in [0.3, 0.4) is 0 Å². The largest absolute Gasteiger partial charge is 0.481 e. The number of halogens is 3. The lowest BCUT2D eigenvalue weighted by molar-refractivity contribution is -0.157. The molecule has 0 amide bonds. The molecule has 0 saturated heterocycles. The number of esters is 3. The first-order valence-corrected chi connectivity index (χ1v) is 24.1. The maximum Gasteiger partial charge on any atom is 0.330 e. The lowest BCUT2D eigenvalue weighted by atomic mass is 10.2. The lowest BCUT2D eigenvalue weighted by Gasteiger charge is -2.19. The number of carbonyl (C=O) groups excluding carboxylic acids is 3. The van der Waals surface area contributed by atoms with Gasteiger partial charge in [0.2, 0.25) is 5.00 Å². The number of alkyl halides is 3. The Morgan fingerprint density at radius 1 is 0.714 bits per heavy atom. The second-order valence-electron chi connectivity index (χ2n) is 17.4. The second-order valence-corrected chi connectivity index (χ2v) is 22.8. The van der Waals surface area contributed by atoms with Crippen molar-refractivity contribution in [2.24, 2.45) is 17.8 Å². The Morgan fingerprint density at radius 2 is 1.13 bits per heavy atom. The molecule has 1 N–H and O–H groups in total. The molecule has 0 spiro atoms. The van der Waals surface area contributed by atoms with Crippen LogP contribution in [-0.4, -0.2) is 80.0 Å². The van der Waals surface area contributed by atoms with Gasteiger partial charge in [0.25, 0.3) is 0 Å². The van der Waals surface area contributed by atoms with E-state index in [1.165, 1.54) is 0 Å². The molecule has 3 aromatic carbocycles. The number of hydrogen-bond acceptors (Lipinski definition) is 10. The van der Waals surface area contributed by atoms with Gasteiger partial charge in [0.05, 0.1) is 49.5 Å². The second kappa shape index (κ2) is 24.2. The number of ether oxygens (including phenoxy) is 3. The van der Waals surface area contributed by atoms with Crippen LogP contribution >= 0.6 is 11.6 Å². The van der Waals surface area contributed by atoms with E-state index in [0.29, 0.717) is 11.3 Å². The molecule has 3 saturated carbocycles. The minimum absolute atomic E-state index is 0.0383. The standard InChI is InChI=1S/C14H17FO3S.C14H18O3S.C7H7ClOS.C7H12O2.C4H5FO2/c1-13(2,3)18-12(16)11-9-14(11,15)19(17)10-7-5-4-6-8-10;1-14(2,3)17-13(15)11-9-12(11)18(16)10-7-5-4-6-8-10;8-6-10(9)7-4-2-1-3-5-7;1-5-6(8)9-7(2,3)4;5-3-1-2(3)4(6)7/h4-8,11H,9H2,1-3H3;4-8,11-12H,9H2,1-3H3;1-5H,6H2;5H,1H2,2-4H3;2-3H,1H2,(H,6,7). The predicted molar refractivity (Wildman–Crippen MR) is 241 cm³/mol. The highest BCUT2D eigenvalue weighted by Gasteiger charge is 2.66. The molecule has 0 radical (unpaired) electrons. The van der Waals surface area contributed by atoms with Gasteiger partial charge in [-0.2, -0.15) is 0 Å². The van der Waals surface area contributed by atoms with Crippen molar-refractivity contribution in [1.82, 2.24) is 0 Å². The number of aliphatic carboxylic acids is 1. The third-order valence-corrected chi connectivity index (χ3v) is 13.4. The quantitative estimate of drug-likeness (QED) is 0.0891. The molecule has 3 aromatic rings. The van der Waals surface area contributed by atoms with E-state index in [0.717, 1.165) is 15.9 Å². The van der Waals surface area contributed by atoms with Gasteiger partial charge in [-0.3, -0.25) is 27.0 Å². The Balaban J connectivity index is 0.000000286. The molecule has 0 bridgehead atoms. The van der Waals surface area contributed by atoms with Gasteiger partial charge >= 0.3 is 23.9 Å². The lowest BCUT2D eigenvalue weighted by Crippen LogP contribution is -2.28. The molecule has 63 heavy (non-hydrogen) atoms.